The molecule has 0 radical (unpaired) electrons. The molecule has 0 heterocycles. The number of rotatable bonds is 5. The molecule has 2 heteroatoms. The highest BCUT2D eigenvalue weighted by Crippen LogP contribution is 2.14. The minimum absolute atomic E-state index is 0.140. The minimum Gasteiger partial charge on any atom is -0.316 e. The van der Waals surface area contributed by atoms with E-state index < -0.39 is 0 Å². The summed E-state index contributed by atoms with van der Waals surface area (Å²) in [6.07, 6.45) is 3.53. The van der Waals surface area contributed by atoms with E-state index in [1.165, 1.54) is 12.8 Å². The average Bonchev–Trinajstić information content (AvgIpc) is 1.99. The van der Waals surface area contributed by atoms with Crippen molar-refractivity contribution in [1.29, 1.82) is 0 Å². The molecule has 0 aliphatic rings. The van der Waals surface area contributed by atoms with Gasteiger partial charge in [-0.3, -0.25) is 0 Å². The third-order valence-electron chi connectivity index (χ3n) is 2.47. The SMILES string of the molecule is CCC(C)CCC(C)C(N)N. The quantitative estimate of drug-likeness (QED) is 0.598. The lowest BCUT2D eigenvalue weighted by Gasteiger charge is -2.17. The molecule has 0 aromatic carbocycles. The molecule has 0 rings (SSSR count). The molecule has 2 unspecified atom stereocenters. The molecule has 0 saturated heterocycles. The summed E-state index contributed by atoms with van der Waals surface area (Å²) in [5.74, 6) is 1.28. The van der Waals surface area contributed by atoms with Gasteiger partial charge < -0.3 is 11.5 Å². The van der Waals surface area contributed by atoms with Gasteiger partial charge in [0, 0.05) is 0 Å². The van der Waals surface area contributed by atoms with Gasteiger partial charge in [-0.25, -0.2) is 0 Å². The predicted octanol–water partition coefficient (Wildman–Crippen LogP) is 1.69. The van der Waals surface area contributed by atoms with E-state index >= 15 is 0 Å². The lowest BCUT2D eigenvalue weighted by molar-refractivity contribution is 0.377. The zero-order valence-corrected chi connectivity index (χ0v) is 8.01. The molecule has 0 spiro atoms. The number of nitrogens with two attached hydrogens (primary N) is 2. The molecule has 11 heavy (non-hydrogen) atoms. The highest BCUT2D eigenvalue weighted by molar-refractivity contribution is 4.63. The van der Waals surface area contributed by atoms with Crippen molar-refractivity contribution in [3.8, 4) is 0 Å². The fourth-order valence-corrected chi connectivity index (χ4v) is 0.944. The molecule has 0 aromatic rings. The van der Waals surface area contributed by atoms with Crippen molar-refractivity contribution >= 4 is 0 Å². The Morgan fingerprint density at radius 1 is 1.09 bits per heavy atom. The van der Waals surface area contributed by atoms with E-state index in [0.29, 0.717) is 5.92 Å². The minimum atomic E-state index is -0.140. The molecule has 0 fully saturated rings. The van der Waals surface area contributed by atoms with Gasteiger partial charge in [0.1, 0.15) is 0 Å². The van der Waals surface area contributed by atoms with Crippen LogP contribution in [0.3, 0.4) is 0 Å². The van der Waals surface area contributed by atoms with Crippen LogP contribution in [-0.4, -0.2) is 6.17 Å². The second kappa shape index (κ2) is 5.56. The first-order chi connectivity index (χ1) is 5.07. The summed E-state index contributed by atoms with van der Waals surface area (Å²) in [6, 6.07) is 0. The molecule has 0 aliphatic carbocycles. The zero-order valence-electron chi connectivity index (χ0n) is 8.01. The maximum atomic E-state index is 5.54. The van der Waals surface area contributed by atoms with Gasteiger partial charge in [-0.15, -0.1) is 0 Å². The van der Waals surface area contributed by atoms with Crippen LogP contribution in [0, 0.1) is 11.8 Å². The van der Waals surface area contributed by atoms with Crippen LogP contribution >= 0.6 is 0 Å². The van der Waals surface area contributed by atoms with Crippen molar-refractivity contribution in [2.75, 3.05) is 0 Å². The molecular weight excluding hydrogens is 136 g/mol. The highest BCUT2D eigenvalue weighted by atomic mass is 14.9. The topological polar surface area (TPSA) is 52.0 Å². The predicted molar refractivity (Wildman–Crippen MR) is 50.0 cm³/mol. The van der Waals surface area contributed by atoms with E-state index in [0.717, 1.165) is 12.3 Å². The molecule has 2 nitrogen and oxygen atoms in total. The lowest BCUT2D eigenvalue weighted by Crippen LogP contribution is -2.37. The van der Waals surface area contributed by atoms with Crippen molar-refractivity contribution < 1.29 is 0 Å². The average molecular weight is 158 g/mol. The van der Waals surface area contributed by atoms with Gasteiger partial charge >= 0.3 is 0 Å². The largest absolute Gasteiger partial charge is 0.316 e. The molecule has 0 aliphatic heterocycles. The van der Waals surface area contributed by atoms with Crippen LogP contribution in [-0.2, 0) is 0 Å². The first kappa shape index (κ1) is 10.9. The smallest absolute Gasteiger partial charge is 0.0547 e. The van der Waals surface area contributed by atoms with E-state index in [4.69, 9.17) is 11.5 Å². The molecule has 4 N–H and O–H groups in total. The Morgan fingerprint density at radius 3 is 2.00 bits per heavy atom. The van der Waals surface area contributed by atoms with Gasteiger partial charge in [-0.05, 0) is 18.3 Å². The molecule has 68 valence electrons. The van der Waals surface area contributed by atoms with Gasteiger partial charge in [-0.1, -0.05) is 33.6 Å². The van der Waals surface area contributed by atoms with Gasteiger partial charge in [0.2, 0.25) is 0 Å². The Bertz CT molecular complexity index is 91.6. The molecule has 0 bridgehead atoms. The van der Waals surface area contributed by atoms with E-state index in [1.807, 2.05) is 0 Å². The normalized spacial score (nSPS) is 16.9. The Kier molecular flexibility index (Phi) is 5.51. The van der Waals surface area contributed by atoms with E-state index in [1.54, 1.807) is 0 Å². The second-order valence-electron chi connectivity index (χ2n) is 3.65. The highest BCUT2D eigenvalue weighted by Gasteiger charge is 2.08. The Hall–Kier alpha value is -0.0800. The monoisotopic (exact) mass is 158 g/mol. The zero-order chi connectivity index (χ0) is 8.85. The fraction of sp³-hybridized carbons (Fsp3) is 1.00. The summed E-state index contributed by atoms with van der Waals surface area (Å²) < 4.78 is 0. The van der Waals surface area contributed by atoms with E-state index in [2.05, 4.69) is 20.8 Å². The van der Waals surface area contributed by atoms with Crippen LogP contribution in [0.2, 0.25) is 0 Å². The molecule has 0 saturated carbocycles. The maximum absolute atomic E-state index is 5.54. The first-order valence-electron chi connectivity index (χ1n) is 4.59. The molecule has 2 atom stereocenters. The van der Waals surface area contributed by atoms with E-state index in [9.17, 15) is 0 Å². The van der Waals surface area contributed by atoms with Crippen molar-refractivity contribution in [2.45, 2.75) is 46.2 Å². The standard InChI is InChI=1S/C9H22N2/c1-4-7(2)5-6-8(3)9(10)11/h7-9H,4-6,10-11H2,1-3H3. The molecule has 0 amide bonds. The molecular formula is C9H22N2. The van der Waals surface area contributed by atoms with Gasteiger partial charge in [0.15, 0.2) is 0 Å². The summed E-state index contributed by atoms with van der Waals surface area (Å²) >= 11 is 0. The maximum Gasteiger partial charge on any atom is 0.0547 e. The number of hydrogen-bond acceptors (Lipinski definition) is 2. The summed E-state index contributed by atoms with van der Waals surface area (Å²) in [5, 5.41) is 0. The van der Waals surface area contributed by atoms with Crippen LogP contribution < -0.4 is 11.5 Å². The Balaban J connectivity index is 3.37. The van der Waals surface area contributed by atoms with Crippen LogP contribution in [0.4, 0.5) is 0 Å². The third kappa shape index (κ3) is 5.22. The summed E-state index contributed by atoms with van der Waals surface area (Å²) in [5.41, 5.74) is 11.1. The number of hydrogen-bond donors (Lipinski definition) is 2. The summed E-state index contributed by atoms with van der Waals surface area (Å²) in [4.78, 5) is 0. The lowest BCUT2D eigenvalue weighted by atomic mass is 9.95. The van der Waals surface area contributed by atoms with Gasteiger partial charge in [-0.2, -0.15) is 0 Å². The van der Waals surface area contributed by atoms with Crippen molar-refractivity contribution in [3.63, 3.8) is 0 Å². The van der Waals surface area contributed by atoms with Gasteiger partial charge in [0.05, 0.1) is 6.17 Å². The fourth-order valence-electron chi connectivity index (χ4n) is 0.944. The van der Waals surface area contributed by atoms with Crippen molar-refractivity contribution in [2.24, 2.45) is 23.3 Å². The van der Waals surface area contributed by atoms with Crippen LogP contribution in [0.1, 0.15) is 40.0 Å². The van der Waals surface area contributed by atoms with Crippen molar-refractivity contribution in [1.82, 2.24) is 0 Å². The van der Waals surface area contributed by atoms with Crippen LogP contribution in [0.5, 0.6) is 0 Å². The van der Waals surface area contributed by atoms with Crippen LogP contribution in [0.25, 0.3) is 0 Å². The third-order valence-corrected chi connectivity index (χ3v) is 2.47. The van der Waals surface area contributed by atoms with Gasteiger partial charge in [0.25, 0.3) is 0 Å². The Morgan fingerprint density at radius 2 is 1.64 bits per heavy atom. The second-order valence-corrected chi connectivity index (χ2v) is 3.65. The Labute approximate surface area is 70.3 Å². The first-order valence-corrected chi connectivity index (χ1v) is 4.59. The summed E-state index contributed by atoms with van der Waals surface area (Å²) in [7, 11) is 0. The van der Waals surface area contributed by atoms with Crippen molar-refractivity contribution in [3.05, 3.63) is 0 Å². The summed E-state index contributed by atoms with van der Waals surface area (Å²) in [6.45, 7) is 6.61. The van der Waals surface area contributed by atoms with E-state index in [-0.39, 0.29) is 6.17 Å². The van der Waals surface area contributed by atoms with Crippen LogP contribution in [0.15, 0.2) is 0 Å². The molecule has 0 aromatic heterocycles.